The third-order valence-corrected chi connectivity index (χ3v) is 3.51. The molecule has 0 fully saturated rings. The Labute approximate surface area is 78.4 Å². The topological polar surface area (TPSA) is 20.2 Å². The highest BCUT2D eigenvalue weighted by Crippen LogP contribution is 2.43. The molecule has 2 aliphatic carbocycles. The molecule has 1 atom stereocenters. The lowest BCUT2D eigenvalue weighted by atomic mass is 9.84. The molecule has 0 aromatic heterocycles. The third kappa shape index (κ3) is 0.995. The van der Waals surface area contributed by atoms with Crippen LogP contribution in [0.4, 0.5) is 0 Å². The summed E-state index contributed by atoms with van der Waals surface area (Å²) in [4.78, 5) is 0. The standard InChI is InChI=1S/C12H14O/c13-11-6-9-3-1-2-8-4-5-10(7-11)12(8)9/h6-8,13H,1-5H2. The molecule has 0 radical (unpaired) electrons. The number of hydrogen-bond donors (Lipinski definition) is 1. The molecule has 0 saturated heterocycles. The lowest BCUT2D eigenvalue weighted by Crippen LogP contribution is -2.06. The predicted octanol–water partition coefficient (Wildman–Crippen LogP) is 2.76. The van der Waals surface area contributed by atoms with Gasteiger partial charge in [-0.05, 0) is 66.8 Å². The average molecular weight is 174 g/mol. The van der Waals surface area contributed by atoms with Crippen LogP contribution in [0.2, 0.25) is 0 Å². The molecule has 0 aliphatic heterocycles. The lowest BCUT2D eigenvalue weighted by Gasteiger charge is -2.21. The fourth-order valence-electron chi connectivity index (χ4n) is 3.00. The number of phenolic OH excluding ortho intramolecular Hbond substituents is 1. The van der Waals surface area contributed by atoms with Gasteiger partial charge < -0.3 is 5.11 Å². The first-order chi connectivity index (χ1) is 6.34. The Hall–Kier alpha value is -0.980. The smallest absolute Gasteiger partial charge is 0.116 e. The van der Waals surface area contributed by atoms with Gasteiger partial charge in [0.1, 0.15) is 5.75 Å². The van der Waals surface area contributed by atoms with Gasteiger partial charge in [0.15, 0.2) is 0 Å². The van der Waals surface area contributed by atoms with Crippen LogP contribution in [-0.2, 0) is 12.8 Å². The Balaban J connectivity index is 2.23. The number of aromatic hydroxyl groups is 1. The number of aryl methyl sites for hydroxylation is 2. The Kier molecular flexibility index (Phi) is 1.43. The van der Waals surface area contributed by atoms with Gasteiger partial charge >= 0.3 is 0 Å². The van der Waals surface area contributed by atoms with Crippen LogP contribution < -0.4 is 0 Å². The maximum atomic E-state index is 9.52. The number of rotatable bonds is 0. The second-order valence-corrected chi connectivity index (χ2v) is 4.31. The van der Waals surface area contributed by atoms with E-state index in [-0.39, 0.29) is 0 Å². The summed E-state index contributed by atoms with van der Waals surface area (Å²) in [5, 5.41) is 9.52. The SMILES string of the molecule is Oc1cc2c3c(c1)CCC3CCC2. The van der Waals surface area contributed by atoms with E-state index in [2.05, 4.69) is 0 Å². The number of phenols is 1. The second-order valence-electron chi connectivity index (χ2n) is 4.31. The minimum absolute atomic E-state index is 0.469. The van der Waals surface area contributed by atoms with Crippen molar-refractivity contribution in [1.82, 2.24) is 0 Å². The van der Waals surface area contributed by atoms with E-state index in [1.165, 1.54) is 43.2 Å². The predicted molar refractivity (Wildman–Crippen MR) is 52.1 cm³/mol. The van der Waals surface area contributed by atoms with E-state index in [0.29, 0.717) is 5.75 Å². The second kappa shape index (κ2) is 2.50. The van der Waals surface area contributed by atoms with E-state index in [0.717, 1.165) is 5.92 Å². The molecule has 1 unspecified atom stereocenters. The highest BCUT2D eigenvalue weighted by Gasteiger charge is 2.28. The van der Waals surface area contributed by atoms with E-state index in [9.17, 15) is 5.11 Å². The van der Waals surface area contributed by atoms with Gasteiger partial charge in [0, 0.05) is 0 Å². The summed E-state index contributed by atoms with van der Waals surface area (Å²) in [6.45, 7) is 0. The van der Waals surface area contributed by atoms with E-state index >= 15 is 0 Å². The van der Waals surface area contributed by atoms with Crippen LogP contribution in [0, 0.1) is 0 Å². The minimum atomic E-state index is 0.469. The summed E-state index contributed by atoms with van der Waals surface area (Å²) in [6, 6.07) is 3.93. The summed E-state index contributed by atoms with van der Waals surface area (Å²) in [7, 11) is 0. The van der Waals surface area contributed by atoms with Crippen LogP contribution >= 0.6 is 0 Å². The molecule has 0 bridgehead atoms. The lowest BCUT2D eigenvalue weighted by molar-refractivity contribution is 0.472. The highest BCUT2D eigenvalue weighted by atomic mass is 16.3. The average Bonchev–Trinajstić information content (AvgIpc) is 2.50. The van der Waals surface area contributed by atoms with Crippen LogP contribution in [0.5, 0.6) is 5.75 Å². The molecular formula is C12H14O. The fraction of sp³-hybridized carbons (Fsp3) is 0.500. The summed E-state index contributed by atoms with van der Waals surface area (Å²) >= 11 is 0. The van der Waals surface area contributed by atoms with Crippen molar-refractivity contribution < 1.29 is 5.11 Å². The molecule has 2 aliphatic rings. The Bertz CT molecular complexity index is 354. The first-order valence-corrected chi connectivity index (χ1v) is 5.19. The molecule has 0 heterocycles. The Morgan fingerprint density at radius 3 is 2.69 bits per heavy atom. The Morgan fingerprint density at radius 2 is 1.85 bits per heavy atom. The molecule has 1 heteroatoms. The van der Waals surface area contributed by atoms with E-state index < -0.39 is 0 Å². The van der Waals surface area contributed by atoms with Crippen molar-refractivity contribution in [3.63, 3.8) is 0 Å². The number of hydrogen-bond acceptors (Lipinski definition) is 1. The largest absolute Gasteiger partial charge is 0.508 e. The van der Waals surface area contributed by atoms with Gasteiger partial charge in [-0.3, -0.25) is 0 Å². The zero-order valence-electron chi connectivity index (χ0n) is 7.71. The van der Waals surface area contributed by atoms with Crippen LogP contribution in [0.25, 0.3) is 0 Å². The van der Waals surface area contributed by atoms with Crippen molar-refractivity contribution in [2.45, 2.75) is 38.0 Å². The zero-order chi connectivity index (χ0) is 8.84. The van der Waals surface area contributed by atoms with Gasteiger partial charge in [-0.1, -0.05) is 0 Å². The molecule has 13 heavy (non-hydrogen) atoms. The van der Waals surface area contributed by atoms with Crippen LogP contribution in [0.3, 0.4) is 0 Å². The van der Waals surface area contributed by atoms with E-state index in [4.69, 9.17) is 0 Å². The first kappa shape index (κ1) is 7.43. The van der Waals surface area contributed by atoms with Gasteiger partial charge in [-0.2, -0.15) is 0 Å². The molecule has 1 aromatic rings. The quantitative estimate of drug-likeness (QED) is 0.641. The van der Waals surface area contributed by atoms with Gasteiger partial charge in [0.05, 0.1) is 0 Å². The van der Waals surface area contributed by atoms with Crippen LogP contribution in [0.1, 0.15) is 41.9 Å². The summed E-state index contributed by atoms with van der Waals surface area (Å²) in [5.74, 6) is 1.29. The fourth-order valence-corrected chi connectivity index (χ4v) is 3.00. The normalized spacial score (nSPS) is 24.5. The molecule has 0 saturated carbocycles. The minimum Gasteiger partial charge on any atom is -0.508 e. The number of benzene rings is 1. The molecule has 1 aromatic carbocycles. The van der Waals surface area contributed by atoms with Crippen molar-refractivity contribution >= 4 is 0 Å². The monoisotopic (exact) mass is 174 g/mol. The molecule has 0 amide bonds. The van der Waals surface area contributed by atoms with Crippen LogP contribution in [0.15, 0.2) is 12.1 Å². The van der Waals surface area contributed by atoms with Gasteiger partial charge in [-0.25, -0.2) is 0 Å². The van der Waals surface area contributed by atoms with Crippen molar-refractivity contribution in [3.05, 3.63) is 28.8 Å². The van der Waals surface area contributed by atoms with Crippen molar-refractivity contribution in [3.8, 4) is 5.75 Å². The van der Waals surface area contributed by atoms with Gasteiger partial charge in [-0.15, -0.1) is 0 Å². The summed E-state index contributed by atoms with van der Waals surface area (Å²) in [5.41, 5.74) is 4.42. The van der Waals surface area contributed by atoms with Crippen LogP contribution in [-0.4, -0.2) is 5.11 Å². The highest BCUT2D eigenvalue weighted by molar-refractivity contribution is 5.47. The molecule has 68 valence electrons. The molecule has 1 nitrogen and oxygen atoms in total. The van der Waals surface area contributed by atoms with E-state index in [1.54, 1.807) is 5.56 Å². The van der Waals surface area contributed by atoms with Gasteiger partial charge in [0.25, 0.3) is 0 Å². The van der Waals surface area contributed by atoms with Crippen molar-refractivity contribution in [1.29, 1.82) is 0 Å². The first-order valence-electron chi connectivity index (χ1n) is 5.19. The molecule has 0 spiro atoms. The zero-order valence-corrected chi connectivity index (χ0v) is 7.71. The van der Waals surface area contributed by atoms with Crippen molar-refractivity contribution in [2.75, 3.05) is 0 Å². The molecule has 3 rings (SSSR count). The summed E-state index contributed by atoms with van der Waals surface area (Å²) < 4.78 is 0. The maximum absolute atomic E-state index is 9.52. The van der Waals surface area contributed by atoms with E-state index in [1.807, 2.05) is 12.1 Å². The summed E-state index contributed by atoms with van der Waals surface area (Å²) in [6.07, 6.45) is 6.34. The van der Waals surface area contributed by atoms with Gasteiger partial charge in [0.2, 0.25) is 0 Å². The third-order valence-electron chi connectivity index (χ3n) is 3.51. The molecule has 1 N–H and O–H groups in total. The Morgan fingerprint density at radius 1 is 1.08 bits per heavy atom. The van der Waals surface area contributed by atoms with Crippen molar-refractivity contribution in [2.24, 2.45) is 0 Å². The molecular weight excluding hydrogens is 160 g/mol. The maximum Gasteiger partial charge on any atom is 0.116 e.